The van der Waals surface area contributed by atoms with Gasteiger partial charge in [-0.25, -0.2) is 9.59 Å². The number of nitrogens with zero attached hydrogens (tertiary/aromatic N) is 6. The van der Waals surface area contributed by atoms with E-state index in [4.69, 9.17) is 24.2 Å². The average molecular weight is 593 g/mol. The summed E-state index contributed by atoms with van der Waals surface area (Å²) in [7, 11) is 2.12. The van der Waals surface area contributed by atoms with Crippen LogP contribution in [0.1, 0.15) is 63.3 Å². The van der Waals surface area contributed by atoms with Gasteiger partial charge in [0, 0.05) is 31.2 Å². The molecule has 3 atom stereocenters. The highest BCUT2D eigenvalue weighted by atomic mass is 16.6. The van der Waals surface area contributed by atoms with Crippen molar-refractivity contribution in [2.75, 3.05) is 44.7 Å². The Labute approximate surface area is 254 Å². The molecule has 2 amide bonds. The van der Waals surface area contributed by atoms with Gasteiger partial charge in [0.2, 0.25) is 0 Å². The smallest absolute Gasteiger partial charge is 0.410 e. The summed E-state index contributed by atoms with van der Waals surface area (Å²) < 4.78 is 17.6. The van der Waals surface area contributed by atoms with Crippen LogP contribution in [0.3, 0.4) is 0 Å². The summed E-state index contributed by atoms with van der Waals surface area (Å²) in [5.41, 5.74) is 2.26. The Hall–Kier alpha value is -3.60. The fourth-order valence-electron chi connectivity index (χ4n) is 6.73. The Morgan fingerprint density at radius 1 is 0.977 bits per heavy atom. The molecule has 5 heterocycles. The Morgan fingerprint density at radius 3 is 2.40 bits per heavy atom. The number of rotatable bonds is 6. The van der Waals surface area contributed by atoms with Crippen molar-refractivity contribution in [3.05, 3.63) is 47.2 Å². The molecule has 232 valence electrons. The second kappa shape index (κ2) is 12.2. The van der Waals surface area contributed by atoms with Crippen molar-refractivity contribution in [3.8, 4) is 6.01 Å². The summed E-state index contributed by atoms with van der Waals surface area (Å²) in [6.07, 6.45) is 4.15. The molecule has 1 aromatic heterocycles. The molecule has 1 aromatic carbocycles. The molecule has 3 saturated heterocycles. The van der Waals surface area contributed by atoms with Crippen LogP contribution in [-0.2, 0) is 29.0 Å². The van der Waals surface area contributed by atoms with Gasteiger partial charge in [-0.3, -0.25) is 4.90 Å². The highest BCUT2D eigenvalue weighted by Crippen LogP contribution is 2.37. The second-order valence-corrected chi connectivity index (χ2v) is 13.2. The van der Waals surface area contributed by atoms with E-state index < -0.39 is 5.60 Å². The minimum absolute atomic E-state index is 0.0591. The average Bonchev–Trinajstić information content (AvgIpc) is 3.52. The van der Waals surface area contributed by atoms with Crippen molar-refractivity contribution in [2.45, 2.75) is 89.8 Å². The van der Waals surface area contributed by atoms with Gasteiger partial charge in [-0.2, -0.15) is 9.97 Å². The van der Waals surface area contributed by atoms with Crippen molar-refractivity contribution in [1.82, 2.24) is 24.7 Å². The molecule has 11 nitrogen and oxygen atoms in total. The fraction of sp³-hybridized carbons (Fsp3) is 0.625. The lowest BCUT2D eigenvalue weighted by atomic mass is 10.0. The van der Waals surface area contributed by atoms with Crippen LogP contribution in [0.15, 0.2) is 30.3 Å². The maximum atomic E-state index is 13.1. The van der Waals surface area contributed by atoms with E-state index in [0.717, 1.165) is 54.9 Å². The van der Waals surface area contributed by atoms with Crippen LogP contribution in [0.2, 0.25) is 0 Å². The molecule has 11 heteroatoms. The third kappa shape index (κ3) is 6.66. The number of fused-ring (bicyclic) bond motifs is 3. The fourth-order valence-corrected chi connectivity index (χ4v) is 6.73. The van der Waals surface area contributed by atoms with Gasteiger partial charge in [-0.1, -0.05) is 30.3 Å². The van der Waals surface area contributed by atoms with E-state index in [1.807, 2.05) is 56.0 Å². The molecular formula is C32H44N6O5. The number of hydrogen-bond acceptors (Lipinski definition) is 9. The van der Waals surface area contributed by atoms with Crippen LogP contribution in [-0.4, -0.2) is 100 Å². The zero-order valence-electron chi connectivity index (χ0n) is 25.8. The van der Waals surface area contributed by atoms with Gasteiger partial charge >= 0.3 is 18.2 Å². The number of piperazine rings is 1. The zero-order chi connectivity index (χ0) is 30.1. The number of likely N-dealkylation sites (N-methyl/N-ethyl adjacent to an activating group) is 1. The minimum Gasteiger partial charge on any atom is -0.462 e. The van der Waals surface area contributed by atoms with Gasteiger partial charge in [0.05, 0.1) is 24.3 Å². The first-order chi connectivity index (χ1) is 20.6. The number of likely N-dealkylation sites (tertiary alicyclic amines) is 1. The van der Waals surface area contributed by atoms with Crippen molar-refractivity contribution in [2.24, 2.45) is 0 Å². The van der Waals surface area contributed by atoms with Crippen LogP contribution >= 0.6 is 0 Å². The molecule has 4 aliphatic rings. The van der Waals surface area contributed by atoms with E-state index in [-0.39, 0.29) is 30.9 Å². The third-order valence-corrected chi connectivity index (χ3v) is 8.95. The molecule has 0 unspecified atom stereocenters. The summed E-state index contributed by atoms with van der Waals surface area (Å²) in [6.45, 7) is 9.74. The standard InChI is InChI=1S/C32H44N6O5/c1-32(2,3)43-31(40)38-23-12-13-24(38)18-37(17-23)28-26-14-16-36(30(39)42-20-22-9-6-5-7-10-22)19-27(26)33-29(34-28)41-21-25-11-8-15-35(25)4/h5-7,9-10,23-25H,8,11-21H2,1-4H3/t23-,24+,25-/m0/s1. The number of carbonyl (C=O) groups excluding carboxylic acids is 2. The van der Waals surface area contributed by atoms with Crippen molar-refractivity contribution < 1.29 is 23.8 Å². The SMILES string of the molecule is CN1CCC[C@H]1COc1nc2c(c(N3C[C@H]4CC[C@@H](C3)N4C(=O)OC(C)(C)C)n1)CCN(C(=O)OCc1ccccc1)C2. The first-order valence-electron chi connectivity index (χ1n) is 15.6. The van der Waals surface area contributed by atoms with E-state index in [0.29, 0.717) is 51.3 Å². The summed E-state index contributed by atoms with van der Waals surface area (Å²) in [5, 5.41) is 0. The van der Waals surface area contributed by atoms with E-state index in [2.05, 4.69) is 16.8 Å². The number of ether oxygens (including phenoxy) is 3. The molecular weight excluding hydrogens is 548 g/mol. The van der Waals surface area contributed by atoms with Crippen molar-refractivity contribution >= 4 is 18.0 Å². The number of aromatic nitrogens is 2. The van der Waals surface area contributed by atoms with E-state index >= 15 is 0 Å². The number of hydrogen-bond donors (Lipinski definition) is 0. The van der Waals surface area contributed by atoms with Crippen LogP contribution < -0.4 is 9.64 Å². The second-order valence-electron chi connectivity index (χ2n) is 13.2. The molecule has 2 bridgehead atoms. The highest BCUT2D eigenvalue weighted by Gasteiger charge is 2.45. The quantitative estimate of drug-likeness (QED) is 0.488. The monoisotopic (exact) mass is 592 g/mol. The lowest BCUT2D eigenvalue weighted by molar-refractivity contribution is 0.0122. The first kappa shape index (κ1) is 29.5. The number of amides is 2. The van der Waals surface area contributed by atoms with Crippen LogP contribution in [0.25, 0.3) is 0 Å². The maximum absolute atomic E-state index is 13.1. The van der Waals surface area contributed by atoms with Crippen molar-refractivity contribution in [1.29, 1.82) is 0 Å². The third-order valence-electron chi connectivity index (χ3n) is 8.95. The van der Waals surface area contributed by atoms with Gasteiger partial charge in [-0.05, 0) is 72.0 Å². The van der Waals surface area contributed by atoms with Crippen LogP contribution in [0.4, 0.5) is 15.4 Å². The van der Waals surface area contributed by atoms with E-state index in [9.17, 15) is 9.59 Å². The molecule has 2 aromatic rings. The maximum Gasteiger partial charge on any atom is 0.410 e. The topological polar surface area (TPSA) is 101 Å². The molecule has 0 spiro atoms. The predicted molar refractivity (Wildman–Crippen MR) is 161 cm³/mol. The summed E-state index contributed by atoms with van der Waals surface area (Å²) in [4.78, 5) is 44.2. The van der Waals surface area contributed by atoms with Crippen LogP contribution in [0, 0.1) is 0 Å². The van der Waals surface area contributed by atoms with Crippen LogP contribution in [0.5, 0.6) is 6.01 Å². The van der Waals surface area contributed by atoms with Gasteiger partial charge in [-0.15, -0.1) is 0 Å². The summed E-state index contributed by atoms with van der Waals surface area (Å²) in [6, 6.07) is 10.5. The van der Waals surface area contributed by atoms with Gasteiger partial charge in [0.15, 0.2) is 0 Å². The molecule has 6 rings (SSSR count). The molecule has 0 saturated carbocycles. The number of anilines is 1. The van der Waals surface area contributed by atoms with Gasteiger partial charge in [0.1, 0.15) is 24.6 Å². The predicted octanol–water partition coefficient (Wildman–Crippen LogP) is 4.23. The van der Waals surface area contributed by atoms with Gasteiger partial charge < -0.3 is 28.9 Å². The Kier molecular flexibility index (Phi) is 8.35. The molecule has 43 heavy (non-hydrogen) atoms. The first-order valence-corrected chi connectivity index (χ1v) is 15.6. The lowest BCUT2D eigenvalue weighted by Crippen LogP contribution is -2.57. The Bertz CT molecular complexity index is 1300. The summed E-state index contributed by atoms with van der Waals surface area (Å²) in [5.74, 6) is 0.859. The van der Waals surface area contributed by atoms with E-state index in [1.54, 1.807) is 4.90 Å². The molecule has 0 aliphatic carbocycles. The highest BCUT2D eigenvalue weighted by molar-refractivity contribution is 5.71. The minimum atomic E-state index is -0.535. The Morgan fingerprint density at radius 2 is 1.72 bits per heavy atom. The Balaban J connectivity index is 1.21. The van der Waals surface area contributed by atoms with E-state index in [1.165, 1.54) is 0 Å². The largest absolute Gasteiger partial charge is 0.462 e. The molecule has 0 N–H and O–H groups in total. The normalized spacial score (nSPS) is 23.7. The lowest BCUT2D eigenvalue weighted by Gasteiger charge is -2.42. The molecule has 0 radical (unpaired) electrons. The number of carbonyl (C=O) groups is 2. The van der Waals surface area contributed by atoms with Gasteiger partial charge in [0.25, 0.3) is 0 Å². The zero-order valence-corrected chi connectivity index (χ0v) is 25.8. The summed E-state index contributed by atoms with van der Waals surface area (Å²) >= 11 is 0. The number of benzene rings is 1. The molecule has 3 fully saturated rings. The van der Waals surface area contributed by atoms with Crippen molar-refractivity contribution in [3.63, 3.8) is 0 Å². The molecule has 4 aliphatic heterocycles.